The number of hydrogen-bond acceptors (Lipinski definition) is 4. The van der Waals surface area contributed by atoms with E-state index in [9.17, 15) is 18.3 Å². The number of aromatic hydroxyl groups is 1. The second-order valence-electron chi connectivity index (χ2n) is 4.29. The quantitative estimate of drug-likeness (QED) is 0.778. The summed E-state index contributed by atoms with van der Waals surface area (Å²) in [6.45, 7) is 0.0897. The van der Waals surface area contributed by atoms with Gasteiger partial charge in [-0.25, -0.2) is 17.9 Å². The maximum absolute atomic E-state index is 12.1. The Balaban J connectivity index is 2.24. The molecular formula is C14H13NO5S. The van der Waals surface area contributed by atoms with Gasteiger partial charge in [0.25, 0.3) is 0 Å². The van der Waals surface area contributed by atoms with Crippen molar-refractivity contribution in [2.45, 2.75) is 11.4 Å². The van der Waals surface area contributed by atoms with E-state index in [0.29, 0.717) is 0 Å². The summed E-state index contributed by atoms with van der Waals surface area (Å²) in [7, 11) is -3.86. The molecule has 0 saturated carbocycles. The lowest BCUT2D eigenvalue weighted by Crippen LogP contribution is -2.23. The summed E-state index contributed by atoms with van der Waals surface area (Å²) < 4.78 is 26.6. The summed E-state index contributed by atoms with van der Waals surface area (Å²) in [6.07, 6.45) is 0. The molecule has 110 valence electrons. The Labute approximate surface area is 121 Å². The molecule has 0 fully saturated rings. The molecule has 0 amide bonds. The molecule has 0 aromatic heterocycles. The van der Waals surface area contributed by atoms with E-state index in [1.54, 1.807) is 24.3 Å². The van der Waals surface area contributed by atoms with E-state index >= 15 is 0 Å². The van der Waals surface area contributed by atoms with E-state index in [2.05, 4.69) is 4.72 Å². The molecule has 2 aromatic rings. The molecule has 21 heavy (non-hydrogen) atoms. The van der Waals surface area contributed by atoms with Crippen molar-refractivity contribution in [3.8, 4) is 5.75 Å². The summed E-state index contributed by atoms with van der Waals surface area (Å²) in [5.74, 6) is -1.88. The summed E-state index contributed by atoms with van der Waals surface area (Å²) in [5.41, 5.74) is 0.316. The van der Waals surface area contributed by atoms with Crippen LogP contribution in [0, 0.1) is 0 Å². The molecule has 2 aromatic carbocycles. The number of carboxylic acids is 1. The first kappa shape index (κ1) is 15.0. The Morgan fingerprint density at radius 1 is 1.10 bits per heavy atom. The highest BCUT2D eigenvalue weighted by Gasteiger charge is 2.18. The molecule has 0 aliphatic carbocycles. The van der Waals surface area contributed by atoms with Crippen molar-refractivity contribution in [1.29, 1.82) is 0 Å². The third kappa shape index (κ3) is 3.59. The van der Waals surface area contributed by atoms with Crippen LogP contribution in [0.3, 0.4) is 0 Å². The van der Waals surface area contributed by atoms with Crippen LogP contribution in [0.15, 0.2) is 53.4 Å². The molecule has 0 unspecified atom stereocenters. The molecule has 0 aliphatic rings. The largest absolute Gasteiger partial charge is 0.507 e. The van der Waals surface area contributed by atoms with Crippen molar-refractivity contribution < 1.29 is 23.4 Å². The minimum Gasteiger partial charge on any atom is -0.507 e. The SMILES string of the molecule is O=C(O)c1cc(S(=O)(=O)NCc2ccccc2)ccc1O. The topological polar surface area (TPSA) is 104 Å². The zero-order valence-electron chi connectivity index (χ0n) is 10.9. The number of carbonyl (C=O) groups is 1. The molecule has 0 radical (unpaired) electrons. The number of hydrogen-bond donors (Lipinski definition) is 3. The number of sulfonamides is 1. The fraction of sp³-hybridized carbons (Fsp3) is 0.0714. The van der Waals surface area contributed by atoms with Gasteiger partial charge in [-0.05, 0) is 23.8 Å². The van der Waals surface area contributed by atoms with Crippen LogP contribution < -0.4 is 4.72 Å². The second-order valence-corrected chi connectivity index (χ2v) is 6.06. The predicted molar refractivity (Wildman–Crippen MR) is 75.5 cm³/mol. The van der Waals surface area contributed by atoms with Crippen LogP contribution >= 0.6 is 0 Å². The fourth-order valence-electron chi connectivity index (χ4n) is 1.71. The average molecular weight is 307 g/mol. The van der Waals surface area contributed by atoms with Gasteiger partial charge in [0.05, 0.1) is 4.90 Å². The molecule has 0 aliphatic heterocycles. The highest BCUT2D eigenvalue weighted by Crippen LogP contribution is 2.21. The first-order valence-corrected chi connectivity index (χ1v) is 7.48. The summed E-state index contributed by atoms with van der Waals surface area (Å²) >= 11 is 0. The molecule has 6 nitrogen and oxygen atoms in total. The number of nitrogens with one attached hydrogen (secondary N) is 1. The van der Waals surface area contributed by atoms with Gasteiger partial charge in [-0.15, -0.1) is 0 Å². The summed E-state index contributed by atoms with van der Waals surface area (Å²) in [5, 5.41) is 18.3. The second kappa shape index (κ2) is 5.94. The first-order chi connectivity index (χ1) is 9.90. The van der Waals surface area contributed by atoms with E-state index in [-0.39, 0.29) is 11.4 Å². The van der Waals surface area contributed by atoms with E-state index < -0.39 is 27.3 Å². The lowest BCUT2D eigenvalue weighted by atomic mass is 10.2. The van der Waals surface area contributed by atoms with E-state index in [1.807, 2.05) is 6.07 Å². The lowest BCUT2D eigenvalue weighted by Gasteiger charge is -2.08. The van der Waals surface area contributed by atoms with Crippen LogP contribution in [0.5, 0.6) is 5.75 Å². The van der Waals surface area contributed by atoms with Crippen LogP contribution in [0.4, 0.5) is 0 Å². The van der Waals surface area contributed by atoms with Gasteiger partial charge in [0.2, 0.25) is 10.0 Å². The summed E-state index contributed by atoms with van der Waals surface area (Å²) in [4.78, 5) is 10.7. The van der Waals surface area contributed by atoms with Crippen molar-refractivity contribution >= 4 is 16.0 Å². The van der Waals surface area contributed by atoms with Gasteiger partial charge in [0, 0.05) is 6.54 Å². The smallest absolute Gasteiger partial charge is 0.339 e. The minimum atomic E-state index is -3.86. The van der Waals surface area contributed by atoms with Gasteiger partial charge < -0.3 is 10.2 Å². The lowest BCUT2D eigenvalue weighted by molar-refractivity contribution is 0.0693. The van der Waals surface area contributed by atoms with Crippen molar-refractivity contribution in [2.75, 3.05) is 0 Å². The van der Waals surface area contributed by atoms with E-state index in [1.165, 1.54) is 0 Å². The monoisotopic (exact) mass is 307 g/mol. The average Bonchev–Trinajstić information content (AvgIpc) is 2.46. The van der Waals surface area contributed by atoms with Crippen molar-refractivity contribution in [2.24, 2.45) is 0 Å². The third-order valence-corrected chi connectivity index (χ3v) is 4.22. The van der Waals surface area contributed by atoms with E-state index in [0.717, 1.165) is 23.8 Å². The Morgan fingerprint density at radius 2 is 1.76 bits per heavy atom. The van der Waals surface area contributed by atoms with Gasteiger partial charge in [0.1, 0.15) is 11.3 Å². The first-order valence-electron chi connectivity index (χ1n) is 6.00. The van der Waals surface area contributed by atoms with Gasteiger partial charge in [0.15, 0.2) is 0 Å². The molecular weight excluding hydrogens is 294 g/mol. The van der Waals surface area contributed by atoms with Crippen molar-refractivity contribution in [1.82, 2.24) is 4.72 Å². The van der Waals surface area contributed by atoms with Gasteiger partial charge in [-0.3, -0.25) is 0 Å². The molecule has 2 rings (SSSR count). The van der Waals surface area contributed by atoms with Crippen LogP contribution in [0.1, 0.15) is 15.9 Å². The highest BCUT2D eigenvalue weighted by atomic mass is 32.2. The molecule has 0 saturated heterocycles. The molecule has 0 bridgehead atoms. The normalized spacial score (nSPS) is 11.2. The molecule has 3 N–H and O–H groups in total. The Kier molecular flexibility index (Phi) is 4.25. The van der Waals surface area contributed by atoms with Crippen LogP contribution in [0.25, 0.3) is 0 Å². The maximum Gasteiger partial charge on any atom is 0.339 e. The highest BCUT2D eigenvalue weighted by molar-refractivity contribution is 7.89. The Morgan fingerprint density at radius 3 is 2.38 bits per heavy atom. The number of phenols is 1. The number of carboxylic acid groups (broad SMARTS) is 1. The molecule has 0 atom stereocenters. The molecule has 0 heterocycles. The molecule has 7 heteroatoms. The Hall–Kier alpha value is -2.38. The molecule has 0 spiro atoms. The van der Waals surface area contributed by atoms with Crippen LogP contribution in [0.2, 0.25) is 0 Å². The third-order valence-electron chi connectivity index (χ3n) is 2.82. The van der Waals surface area contributed by atoms with Crippen molar-refractivity contribution in [3.05, 3.63) is 59.7 Å². The van der Waals surface area contributed by atoms with Crippen molar-refractivity contribution in [3.63, 3.8) is 0 Å². The number of benzene rings is 2. The standard InChI is InChI=1S/C14H13NO5S/c16-13-7-6-11(8-12(13)14(17)18)21(19,20)15-9-10-4-2-1-3-5-10/h1-8,15-16H,9H2,(H,17,18). The van der Waals surface area contributed by atoms with Crippen LogP contribution in [-0.2, 0) is 16.6 Å². The van der Waals surface area contributed by atoms with Gasteiger partial charge in [-0.1, -0.05) is 30.3 Å². The maximum atomic E-state index is 12.1. The van der Waals surface area contributed by atoms with Crippen LogP contribution in [-0.4, -0.2) is 24.6 Å². The zero-order valence-corrected chi connectivity index (χ0v) is 11.7. The fourth-order valence-corrected chi connectivity index (χ4v) is 2.75. The summed E-state index contributed by atoms with van der Waals surface area (Å²) in [6, 6.07) is 12.0. The zero-order chi connectivity index (χ0) is 15.5. The minimum absolute atomic E-state index is 0.0897. The van der Waals surface area contributed by atoms with Gasteiger partial charge in [-0.2, -0.15) is 0 Å². The Bertz CT molecular complexity index is 756. The van der Waals surface area contributed by atoms with E-state index in [4.69, 9.17) is 5.11 Å². The predicted octanol–water partition coefficient (Wildman–Crippen LogP) is 1.57. The number of rotatable bonds is 5. The number of aromatic carboxylic acids is 1. The van der Waals surface area contributed by atoms with Gasteiger partial charge >= 0.3 is 5.97 Å².